The Morgan fingerprint density at radius 2 is 1.46 bits per heavy atom. The van der Waals surface area contributed by atoms with Crippen LogP contribution in [0.4, 0.5) is 28.6 Å². The fourth-order valence-corrected chi connectivity index (χ4v) is 3.88. The summed E-state index contributed by atoms with van der Waals surface area (Å²) < 4.78 is 0. The summed E-state index contributed by atoms with van der Waals surface area (Å²) in [5, 5.41) is 2.36. The van der Waals surface area contributed by atoms with Gasteiger partial charge in [0.25, 0.3) is 0 Å². The number of fused-ring (bicyclic) bond motifs is 4. The van der Waals surface area contributed by atoms with Crippen LogP contribution in [0.2, 0.25) is 0 Å². The third kappa shape index (κ3) is 1.68. The summed E-state index contributed by atoms with van der Waals surface area (Å²) in [5.74, 6) is 1.79. The summed E-state index contributed by atoms with van der Waals surface area (Å²) >= 11 is 0. The first-order chi connectivity index (χ1) is 12.9. The van der Waals surface area contributed by atoms with Crippen molar-refractivity contribution >= 4 is 45.3 Å². The van der Waals surface area contributed by atoms with Crippen LogP contribution >= 0.6 is 0 Å². The molecule has 2 aliphatic heterocycles. The van der Waals surface area contributed by atoms with E-state index in [9.17, 15) is 0 Å². The maximum atomic E-state index is 5.03. The highest BCUT2D eigenvalue weighted by atomic mass is 15.5. The lowest BCUT2D eigenvalue weighted by molar-refractivity contribution is 1.24. The second-order valence-electron chi connectivity index (χ2n) is 6.42. The van der Waals surface area contributed by atoms with Crippen LogP contribution in [-0.2, 0) is 0 Å². The Morgan fingerprint density at radius 1 is 0.654 bits per heavy atom. The van der Waals surface area contributed by atoms with Gasteiger partial charge in [0.05, 0.1) is 17.1 Å². The molecule has 0 saturated heterocycles. The van der Waals surface area contributed by atoms with E-state index in [1.54, 1.807) is 0 Å². The minimum atomic E-state index is 0.871. The van der Waals surface area contributed by atoms with E-state index in [-0.39, 0.29) is 0 Å². The first-order valence-corrected chi connectivity index (χ1v) is 8.62. The minimum absolute atomic E-state index is 0.871. The third-order valence-electron chi connectivity index (χ3n) is 4.96. The number of aromatic nitrogens is 1. The number of nitrogens with zero attached hydrogens (tertiary/aromatic N) is 4. The molecule has 4 heteroatoms. The molecule has 6 rings (SSSR count). The van der Waals surface area contributed by atoms with Crippen molar-refractivity contribution in [3.05, 3.63) is 85.1 Å². The zero-order chi connectivity index (χ0) is 17.1. The van der Waals surface area contributed by atoms with Crippen LogP contribution in [0, 0.1) is 0 Å². The van der Waals surface area contributed by atoms with Crippen LogP contribution < -0.4 is 9.80 Å². The summed E-state index contributed by atoms with van der Waals surface area (Å²) in [5.41, 5.74) is 4.25. The molecule has 4 aromatic rings. The average Bonchev–Trinajstić information content (AvgIpc) is 3.03. The average molecular weight is 334 g/mol. The predicted octanol–water partition coefficient (Wildman–Crippen LogP) is 5.53. The maximum absolute atomic E-state index is 5.03. The van der Waals surface area contributed by atoms with E-state index in [0.717, 1.165) is 34.5 Å². The molecule has 0 fully saturated rings. The highest BCUT2D eigenvalue weighted by molar-refractivity contribution is 6.28. The molecule has 2 aliphatic rings. The van der Waals surface area contributed by atoms with Gasteiger partial charge in [-0.15, -0.1) is 0 Å². The Labute approximate surface area is 150 Å². The minimum Gasteiger partial charge on any atom is -0.276 e. The van der Waals surface area contributed by atoms with E-state index in [4.69, 9.17) is 4.99 Å². The number of aliphatic imine (C=N–C) groups is 1. The number of guanidine groups is 1. The molecule has 4 nitrogen and oxygen atoms in total. The molecule has 0 N–H and O–H groups in total. The van der Waals surface area contributed by atoms with Crippen molar-refractivity contribution in [3.8, 4) is 0 Å². The fourth-order valence-electron chi connectivity index (χ4n) is 3.88. The quantitative estimate of drug-likeness (QED) is 0.459. The molecule has 3 aromatic carbocycles. The van der Waals surface area contributed by atoms with Gasteiger partial charge in [-0.1, -0.05) is 42.5 Å². The Kier molecular flexibility index (Phi) is 2.58. The van der Waals surface area contributed by atoms with Crippen molar-refractivity contribution < 1.29 is 0 Å². The molecule has 1 aromatic heterocycles. The summed E-state index contributed by atoms with van der Waals surface area (Å²) in [6, 6.07) is 27.0. The molecule has 0 radical (unpaired) electrons. The van der Waals surface area contributed by atoms with E-state index in [1.807, 2.05) is 30.5 Å². The van der Waals surface area contributed by atoms with Crippen molar-refractivity contribution in [2.45, 2.75) is 0 Å². The van der Waals surface area contributed by atoms with Gasteiger partial charge in [-0.3, -0.25) is 9.80 Å². The van der Waals surface area contributed by atoms with Gasteiger partial charge < -0.3 is 0 Å². The monoisotopic (exact) mass is 334 g/mol. The van der Waals surface area contributed by atoms with E-state index >= 15 is 0 Å². The van der Waals surface area contributed by atoms with Crippen molar-refractivity contribution in [1.29, 1.82) is 0 Å². The van der Waals surface area contributed by atoms with Gasteiger partial charge in [-0.05, 0) is 41.8 Å². The van der Waals surface area contributed by atoms with Crippen LogP contribution in [0.3, 0.4) is 0 Å². The first-order valence-electron chi connectivity index (χ1n) is 8.62. The van der Waals surface area contributed by atoms with Gasteiger partial charge in [0.1, 0.15) is 0 Å². The van der Waals surface area contributed by atoms with E-state index in [0.29, 0.717) is 0 Å². The number of pyridine rings is 1. The highest BCUT2D eigenvalue weighted by Crippen LogP contribution is 2.50. The van der Waals surface area contributed by atoms with Crippen LogP contribution in [-0.4, -0.2) is 10.9 Å². The maximum Gasteiger partial charge on any atom is 0.221 e. The van der Waals surface area contributed by atoms with Crippen molar-refractivity contribution in [2.24, 2.45) is 4.99 Å². The van der Waals surface area contributed by atoms with E-state index < -0.39 is 0 Å². The fraction of sp³-hybridized carbons (Fsp3) is 0. The van der Waals surface area contributed by atoms with Gasteiger partial charge in [-0.2, -0.15) is 0 Å². The number of hydrogen-bond donors (Lipinski definition) is 0. The largest absolute Gasteiger partial charge is 0.276 e. The lowest BCUT2D eigenvalue weighted by atomic mass is 10.0. The molecule has 0 bridgehead atoms. The molecule has 0 atom stereocenters. The zero-order valence-corrected chi connectivity index (χ0v) is 13.9. The molecule has 3 heterocycles. The van der Waals surface area contributed by atoms with Crippen LogP contribution in [0.25, 0.3) is 10.8 Å². The SMILES string of the molecule is c1ccc(N2C3=Nc4cccc5cccc(c45)N3c3ncccc32)cc1. The molecule has 0 spiro atoms. The van der Waals surface area contributed by atoms with Crippen molar-refractivity contribution in [2.75, 3.05) is 9.80 Å². The molecular formula is C22H14N4. The van der Waals surface area contributed by atoms with Gasteiger partial charge in [0.15, 0.2) is 5.82 Å². The van der Waals surface area contributed by atoms with Gasteiger partial charge in [0, 0.05) is 17.3 Å². The van der Waals surface area contributed by atoms with E-state index in [1.165, 1.54) is 10.8 Å². The molecule has 0 amide bonds. The number of hydrogen-bond acceptors (Lipinski definition) is 4. The molecular weight excluding hydrogens is 320 g/mol. The zero-order valence-electron chi connectivity index (χ0n) is 13.9. The summed E-state index contributed by atoms with van der Waals surface area (Å²) in [6.45, 7) is 0. The Balaban J connectivity index is 1.71. The van der Waals surface area contributed by atoms with Crippen molar-refractivity contribution in [3.63, 3.8) is 0 Å². The Bertz CT molecular complexity index is 1190. The van der Waals surface area contributed by atoms with Crippen LogP contribution in [0.5, 0.6) is 0 Å². The number of benzene rings is 3. The molecule has 26 heavy (non-hydrogen) atoms. The summed E-state index contributed by atoms with van der Waals surface area (Å²) in [6.07, 6.45) is 1.84. The third-order valence-corrected chi connectivity index (χ3v) is 4.96. The van der Waals surface area contributed by atoms with Gasteiger partial charge in [-0.25, -0.2) is 9.98 Å². The highest BCUT2D eigenvalue weighted by Gasteiger charge is 2.39. The number of para-hydroxylation sites is 1. The lowest BCUT2D eigenvalue weighted by Crippen LogP contribution is -2.34. The summed E-state index contributed by atoms with van der Waals surface area (Å²) in [7, 11) is 0. The molecule has 122 valence electrons. The first kappa shape index (κ1) is 13.6. The van der Waals surface area contributed by atoms with Crippen LogP contribution in [0.1, 0.15) is 0 Å². The normalized spacial score (nSPS) is 14.2. The molecule has 0 aliphatic carbocycles. The molecule has 0 unspecified atom stereocenters. The second kappa shape index (κ2) is 4.92. The predicted molar refractivity (Wildman–Crippen MR) is 106 cm³/mol. The number of rotatable bonds is 1. The van der Waals surface area contributed by atoms with E-state index in [2.05, 4.69) is 69.4 Å². The van der Waals surface area contributed by atoms with Gasteiger partial charge in [0.2, 0.25) is 5.96 Å². The Hall–Kier alpha value is -3.66. The standard InChI is InChI=1S/C22H14N4/c1-2-9-16(10-3-1)25-19-13-6-14-23-21(19)26-18-12-5-8-15-7-4-11-17(20(15)18)24-22(25)26/h1-14H. The smallest absolute Gasteiger partial charge is 0.221 e. The van der Waals surface area contributed by atoms with Crippen LogP contribution in [0.15, 0.2) is 90.1 Å². The molecule has 0 saturated carbocycles. The summed E-state index contributed by atoms with van der Waals surface area (Å²) in [4.78, 5) is 14.1. The van der Waals surface area contributed by atoms with Crippen molar-refractivity contribution in [1.82, 2.24) is 4.98 Å². The Morgan fingerprint density at radius 3 is 2.35 bits per heavy atom. The topological polar surface area (TPSA) is 31.7 Å². The lowest BCUT2D eigenvalue weighted by Gasteiger charge is -2.28. The number of anilines is 4. The van der Waals surface area contributed by atoms with Gasteiger partial charge >= 0.3 is 0 Å². The second-order valence-corrected chi connectivity index (χ2v) is 6.42.